The van der Waals surface area contributed by atoms with Gasteiger partial charge in [0.25, 0.3) is 0 Å². The van der Waals surface area contributed by atoms with Crippen LogP contribution < -0.4 is 11.2 Å². The van der Waals surface area contributed by atoms with Crippen LogP contribution in [0.1, 0.15) is 12.5 Å². The molecule has 4 N–H and O–H groups in total. The topological polar surface area (TPSA) is 83.5 Å². The van der Waals surface area contributed by atoms with Crippen LogP contribution in [0.15, 0.2) is 59.0 Å². The molecule has 0 atom stereocenters. The highest BCUT2D eigenvalue weighted by Crippen LogP contribution is 2.27. The Kier molecular flexibility index (Phi) is 5.94. The van der Waals surface area contributed by atoms with Crippen molar-refractivity contribution in [3.05, 3.63) is 59.5 Å². The van der Waals surface area contributed by atoms with Crippen LogP contribution >= 0.6 is 28.3 Å². The third-order valence-corrected chi connectivity index (χ3v) is 4.02. The molecular weight excluding hydrogens is 388 g/mol. The molecule has 1 heterocycles. The van der Waals surface area contributed by atoms with Gasteiger partial charge in [-0.15, -0.1) is 28.3 Å². The summed E-state index contributed by atoms with van der Waals surface area (Å²) < 4.78 is 0. The third-order valence-electron chi connectivity index (χ3n) is 3.27. The number of halogens is 1. The average Bonchev–Trinajstić information content (AvgIpc) is 3.01. The Balaban J connectivity index is 0.00000208. The number of phenolic OH excluding ortho intramolecular Hbond substituents is 1. The number of aromatic hydroxyl groups is 1. The molecule has 0 saturated heterocycles. The van der Waals surface area contributed by atoms with Gasteiger partial charge in [-0.2, -0.15) is 5.10 Å². The molecule has 0 aliphatic heterocycles. The number of anilines is 2. The molecule has 0 amide bonds. The summed E-state index contributed by atoms with van der Waals surface area (Å²) in [5.74, 6) is 0.223. The highest BCUT2D eigenvalue weighted by atomic mass is 79.9. The Labute approximate surface area is 154 Å². The van der Waals surface area contributed by atoms with E-state index < -0.39 is 0 Å². The van der Waals surface area contributed by atoms with Gasteiger partial charge < -0.3 is 10.8 Å². The van der Waals surface area contributed by atoms with Crippen molar-refractivity contribution in [2.24, 2.45) is 5.10 Å². The van der Waals surface area contributed by atoms with Crippen LogP contribution in [0.5, 0.6) is 5.75 Å². The number of benzene rings is 2. The Hall–Kier alpha value is -2.38. The largest absolute Gasteiger partial charge is 0.508 e. The van der Waals surface area contributed by atoms with E-state index in [0.717, 1.165) is 22.5 Å². The van der Waals surface area contributed by atoms with Crippen molar-refractivity contribution in [3.8, 4) is 17.0 Å². The SMILES string of the molecule is Br.C/C(=N\Nc1nc(-c2cccc(O)c2)cs1)c1cccc(N)c1. The van der Waals surface area contributed by atoms with Crippen LogP contribution in [0.2, 0.25) is 0 Å². The van der Waals surface area contributed by atoms with E-state index in [4.69, 9.17) is 5.73 Å². The van der Waals surface area contributed by atoms with Crippen molar-refractivity contribution in [3.63, 3.8) is 0 Å². The van der Waals surface area contributed by atoms with E-state index >= 15 is 0 Å². The summed E-state index contributed by atoms with van der Waals surface area (Å²) in [7, 11) is 0. The van der Waals surface area contributed by atoms with Crippen LogP contribution in [0, 0.1) is 0 Å². The molecule has 24 heavy (non-hydrogen) atoms. The summed E-state index contributed by atoms with van der Waals surface area (Å²) in [5.41, 5.74) is 12.9. The van der Waals surface area contributed by atoms with Crippen molar-refractivity contribution >= 4 is 44.8 Å². The van der Waals surface area contributed by atoms with Gasteiger partial charge in [0.05, 0.1) is 11.4 Å². The van der Waals surface area contributed by atoms with E-state index in [1.165, 1.54) is 11.3 Å². The van der Waals surface area contributed by atoms with Crippen molar-refractivity contribution in [1.29, 1.82) is 0 Å². The molecule has 0 fully saturated rings. The number of thiazole rings is 1. The van der Waals surface area contributed by atoms with Gasteiger partial charge in [-0.25, -0.2) is 4.98 Å². The van der Waals surface area contributed by atoms with Gasteiger partial charge in [-0.1, -0.05) is 24.3 Å². The number of nitrogens with one attached hydrogen (secondary N) is 1. The second-order valence-corrected chi connectivity index (χ2v) is 5.88. The molecule has 0 aliphatic carbocycles. The minimum Gasteiger partial charge on any atom is -0.508 e. The fourth-order valence-electron chi connectivity index (χ4n) is 2.08. The lowest BCUT2D eigenvalue weighted by Crippen LogP contribution is -2.00. The van der Waals surface area contributed by atoms with E-state index in [1.54, 1.807) is 18.2 Å². The number of nitrogen functional groups attached to an aromatic ring is 1. The summed E-state index contributed by atoms with van der Waals surface area (Å²) in [6.45, 7) is 1.91. The molecule has 5 nitrogen and oxygen atoms in total. The molecule has 0 bridgehead atoms. The number of nitrogens with zero attached hydrogens (tertiary/aromatic N) is 2. The highest BCUT2D eigenvalue weighted by Gasteiger charge is 2.05. The molecule has 7 heteroatoms. The van der Waals surface area contributed by atoms with Crippen LogP contribution in [0.3, 0.4) is 0 Å². The second kappa shape index (κ2) is 7.94. The van der Waals surface area contributed by atoms with Gasteiger partial charge >= 0.3 is 0 Å². The average molecular weight is 405 g/mol. The molecule has 3 aromatic rings. The highest BCUT2D eigenvalue weighted by molar-refractivity contribution is 8.93. The van der Waals surface area contributed by atoms with Gasteiger partial charge in [-0.05, 0) is 36.8 Å². The van der Waals surface area contributed by atoms with Crippen LogP contribution in [-0.2, 0) is 0 Å². The van der Waals surface area contributed by atoms with E-state index in [1.807, 2.05) is 42.6 Å². The molecule has 0 aliphatic rings. The maximum absolute atomic E-state index is 9.53. The minimum atomic E-state index is 0. The monoisotopic (exact) mass is 404 g/mol. The first kappa shape index (κ1) is 18.0. The lowest BCUT2D eigenvalue weighted by atomic mass is 10.1. The second-order valence-electron chi connectivity index (χ2n) is 5.02. The third kappa shape index (κ3) is 4.33. The zero-order chi connectivity index (χ0) is 16.2. The maximum atomic E-state index is 9.53. The number of hydrogen-bond donors (Lipinski definition) is 3. The van der Waals surface area contributed by atoms with Gasteiger partial charge in [0.1, 0.15) is 5.75 Å². The molecule has 124 valence electrons. The van der Waals surface area contributed by atoms with Gasteiger partial charge in [-0.3, -0.25) is 5.43 Å². The normalized spacial score (nSPS) is 11.0. The summed E-state index contributed by atoms with van der Waals surface area (Å²) in [5, 5.41) is 16.5. The molecule has 0 radical (unpaired) electrons. The van der Waals surface area contributed by atoms with Crippen LogP contribution in [0.25, 0.3) is 11.3 Å². The van der Waals surface area contributed by atoms with Crippen molar-refractivity contribution < 1.29 is 5.11 Å². The first-order chi connectivity index (χ1) is 11.1. The zero-order valence-electron chi connectivity index (χ0n) is 12.9. The van der Waals surface area contributed by atoms with Gasteiger partial charge in [0.2, 0.25) is 5.13 Å². The van der Waals surface area contributed by atoms with E-state index in [-0.39, 0.29) is 22.7 Å². The van der Waals surface area contributed by atoms with Crippen molar-refractivity contribution in [1.82, 2.24) is 4.98 Å². The Morgan fingerprint density at radius 1 is 1.21 bits per heavy atom. The predicted molar refractivity (Wildman–Crippen MR) is 106 cm³/mol. The van der Waals surface area contributed by atoms with E-state index in [9.17, 15) is 5.11 Å². The van der Waals surface area contributed by atoms with Crippen molar-refractivity contribution in [2.45, 2.75) is 6.92 Å². The summed E-state index contributed by atoms with van der Waals surface area (Å²) in [6, 6.07) is 14.6. The summed E-state index contributed by atoms with van der Waals surface area (Å²) >= 11 is 1.45. The Morgan fingerprint density at radius 3 is 2.75 bits per heavy atom. The molecule has 0 spiro atoms. The molecule has 3 rings (SSSR count). The molecule has 0 unspecified atom stereocenters. The first-order valence-electron chi connectivity index (χ1n) is 7.03. The number of aromatic nitrogens is 1. The number of rotatable bonds is 4. The molecule has 0 saturated carbocycles. The molecule has 2 aromatic carbocycles. The minimum absolute atomic E-state index is 0. The Bertz CT molecular complexity index is 863. The lowest BCUT2D eigenvalue weighted by molar-refractivity contribution is 0.475. The van der Waals surface area contributed by atoms with Crippen LogP contribution in [0.4, 0.5) is 10.8 Å². The van der Waals surface area contributed by atoms with Gasteiger partial charge in [0.15, 0.2) is 0 Å². The molecular formula is C17H17BrN4OS. The standard InChI is InChI=1S/C17H16N4OS.BrH/c1-11(12-4-2-6-14(18)8-12)20-21-17-19-16(10-23-17)13-5-3-7-15(22)9-13;/h2-10,22H,18H2,1H3,(H,19,21);1H/b20-11+;. The smallest absolute Gasteiger partial charge is 0.203 e. The Morgan fingerprint density at radius 2 is 2.00 bits per heavy atom. The predicted octanol–water partition coefficient (Wildman–Crippen LogP) is 4.51. The fourth-order valence-corrected chi connectivity index (χ4v) is 2.74. The van der Waals surface area contributed by atoms with Crippen molar-refractivity contribution in [2.75, 3.05) is 11.2 Å². The number of phenols is 1. The van der Waals surface area contributed by atoms with Gasteiger partial charge in [0, 0.05) is 16.6 Å². The fraction of sp³-hybridized carbons (Fsp3) is 0.0588. The zero-order valence-corrected chi connectivity index (χ0v) is 15.5. The maximum Gasteiger partial charge on any atom is 0.203 e. The lowest BCUT2D eigenvalue weighted by Gasteiger charge is -2.02. The van der Waals surface area contributed by atoms with Crippen LogP contribution in [-0.4, -0.2) is 15.8 Å². The molecule has 1 aromatic heterocycles. The summed E-state index contributed by atoms with van der Waals surface area (Å²) in [6.07, 6.45) is 0. The quantitative estimate of drug-likeness (QED) is 0.339. The number of hydrazone groups is 1. The number of nitrogens with two attached hydrogens (primary N) is 1. The van der Waals surface area contributed by atoms with E-state index in [0.29, 0.717) is 10.8 Å². The number of hydrogen-bond acceptors (Lipinski definition) is 6. The van der Waals surface area contributed by atoms with E-state index in [2.05, 4.69) is 15.5 Å². The first-order valence-corrected chi connectivity index (χ1v) is 7.91. The summed E-state index contributed by atoms with van der Waals surface area (Å²) in [4.78, 5) is 4.47.